The zero-order valence-electron chi connectivity index (χ0n) is 13.0. The number of nitrogens with two attached hydrogens (primary N) is 1. The second-order valence-corrected chi connectivity index (χ2v) is 6.11. The molecule has 1 fully saturated rings. The molecule has 0 bridgehead atoms. The van der Waals surface area contributed by atoms with Gasteiger partial charge in [0.25, 0.3) is 5.91 Å². The number of nitrogens with zero attached hydrogens (tertiary/aromatic N) is 3. The smallest absolute Gasteiger partial charge is 0.258 e. The summed E-state index contributed by atoms with van der Waals surface area (Å²) in [4.78, 5) is 25.6. The fourth-order valence-corrected chi connectivity index (χ4v) is 2.72. The van der Waals surface area contributed by atoms with Gasteiger partial charge in [0, 0.05) is 18.8 Å². The van der Waals surface area contributed by atoms with E-state index in [1.54, 1.807) is 11.1 Å². The third kappa shape index (κ3) is 3.25. The van der Waals surface area contributed by atoms with E-state index >= 15 is 0 Å². The summed E-state index contributed by atoms with van der Waals surface area (Å²) < 4.78 is 1.86. The molecule has 1 saturated heterocycles. The molecule has 1 atom stereocenters. The van der Waals surface area contributed by atoms with Crippen molar-refractivity contribution in [1.82, 2.24) is 14.7 Å². The lowest BCUT2D eigenvalue weighted by molar-refractivity contribution is -0.121. The molecule has 21 heavy (non-hydrogen) atoms. The Morgan fingerprint density at radius 3 is 2.81 bits per heavy atom. The highest BCUT2D eigenvalue weighted by molar-refractivity contribution is 5.98. The third-order valence-corrected chi connectivity index (χ3v) is 4.09. The van der Waals surface area contributed by atoms with Crippen LogP contribution in [0.1, 0.15) is 49.2 Å². The molecule has 0 spiro atoms. The number of hydrogen-bond donors (Lipinski definition) is 1. The van der Waals surface area contributed by atoms with E-state index in [0.29, 0.717) is 24.4 Å². The van der Waals surface area contributed by atoms with Crippen LogP contribution in [0, 0.1) is 12.8 Å². The largest absolute Gasteiger partial charge is 0.368 e. The van der Waals surface area contributed by atoms with Crippen LogP contribution in [0.15, 0.2) is 6.20 Å². The summed E-state index contributed by atoms with van der Waals surface area (Å²) in [5, 5.41) is 4.30. The van der Waals surface area contributed by atoms with Crippen molar-refractivity contribution in [3.8, 4) is 0 Å². The van der Waals surface area contributed by atoms with Gasteiger partial charge in [0.05, 0.1) is 11.8 Å². The number of carbonyl (C=O) groups is 2. The van der Waals surface area contributed by atoms with E-state index in [2.05, 4.69) is 18.9 Å². The van der Waals surface area contributed by atoms with Gasteiger partial charge in [-0.2, -0.15) is 5.10 Å². The Kier molecular flexibility index (Phi) is 4.65. The molecule has 6 nitrogen and oxygen atoms in total. The van der Waals surface area contributed by atoms with Crippen molar-refractivity contribution in [1.29, 1.82) is 0 Å². The van der Waals surface area contributed by atoms with Crippen LogP contribution in [0.5, 0.6) is 0 Å². The lowest BCUT2D eigenvalue weighted by Gasteiger charge is -2.21. The standard InChI is InChI=1S/C15H24N4O2/c1-10(2)6-8-19-11(3)12(9-17-19)15(21)18-7-4-5-13(18)14(16)20/h9-10,13H,4-8H2,1-3H3,(H2,16,20)/t13-/m0/s1. The Bertz CT molecular complexity index is 536. The van der Waals surface area contributed by atoms with Crippen LogP contribution in [-0.2, 0) is 11.3 Å². The van der Waals surface area contributed by atoms with Gasteiger partial charge in [-0.3, -0.25) is 14.3 Å². The Balaban J connectivity index is 2.14. The average Bonchev–Trinajstić information content (AvgIpc) is 3.02. The lowest BCUT2D eigenvalue weighted by Crippen LogP contribution is -2.43. The van der Waals surface area contributed by atoms with Gasteiger partial charge in [0.1, 0.15) is 6.04 Å². The maximum absolute atomic E-state index is 12.6. The van der Waals surface area contributed by atoms with Gasteiger partial charge in [0.15, 0.2) is 0 Å². The van der Waals surface area contributed by atoms with E-state index < -0.39 is 11.9 Å². The second-order valence-electron chi connectivity index (χ2n) is 6.11. The predicted octanol–water partition coefficient (Wildman–Crippen LogP) is 1.33. The molecule has 1 aromatic heterocycles. The maximum Gasteiger partial charge on any atom is 0.258 e. The number of aromatic nitrogens is 2. The van der Waals surface area contributed by atoms with Gasteiger partial charge >= 0.3 is 0 Å². The first-order valence-electron chi connectivity index (χ1n) is 7.54. The molecule has 2 rings (SSSR count). The Morgan fingerprint density at radius 2 is 2.19 bits per heavy atom. The van der Waals surface area contributed by atoms with E-state index in [1.165, 1.54) is 0 Å². The van der Waals surface area contributed by atoms with Crippen molar-refractivity contribution in [2.75, 3.05) is 6.54 Å². The molecule has 1 aromatic rings. The second kappa shape index (κ2) is 6.28. The van der Waals surface area contributed by atoms with Gasteiger partial charge in [-0.1, -0.05) is 13.8 Å². The summed E-state index contributed by atoms with van der Waals surface area (Å²) in [5.41, 5.74) is 6.81. The molecule has 2 N–H and O–H groups in total. The van der Waals surface area contributed by atoms with Crippen LogP contribution in [0.2, 0.25) is 0 Å². The zero-order valence-corrected chi connectivity index (χ0v) is 13.0. The van der Waals surface area contributed by atoms with Crippen molar-refractivity contribution in [3.63, 3.8) is 0 Å². The molecule has 0 radical (unpaired) electrons. The summed E-state index contributed by atoms with van der Waals surface area (Å²) in [6.45, 7) is 7.61. The molecule has 2 heterocycles. The van der Waals surface area contributed by atoms with Crippen molar-refractivity contribution in [2.45, 2.75) is 52.6 Å². The number of amides is 2. The number of carbonyl (C=O) groups excluding carboxylic acids is 2. The van der Waals surface area contributed by atoms with E-state index in [9.17, 15) is 9.59 Å². The predicted molar refractivity (Wildman–Crippen MR) is 79.7 cm³/mol. The summed E-state index contributed by atoms with van der Waals surface area (Å²) in [7, 11) is 0. The summed E-state index contributed by atoms with van der Waals surface area (Å²) in [6, 6.07) is -0.476. The quantitative estimate of drug-likeness (QED) is 0.889. The maximum atomic E-state index is 12.6. The normalized spacial score (nSPS) is 18.5. The average molecular weight is 292 g/mol. The monoisotopic (exact) mass is 292 g/mol. The molecule has 0 aliphatic carbocycles. The summed E-state index contributed by atoms with van der Waals surface area (Å²) >= 11 is 0. The van der Waals surface area contributed by atoms with E-state index in [4.69, 9.17) is 5.73 Å². The number of likely N-dealkylation sites (tertiary alicyclic amines) is 1. The Labute approximate surface area is 125 Å². The van der Waals surface area contributed by atoms with Crippen molar-refractivity contribution < 1.29 is 9.59 Å². The molecule has 116 valence electrons. The van der Waals surface area contributed by atoms with Gasteiger partial charge in [-0.15, -0.1) is 0 Å². The van der Waals surface area contributed by atoms with Gasteiger partial charge < -0.3 is 10.6 Å². The SMILES string of the molecule is Cc1c(C(=O)N2CCC[C@H]2C(N)=O)cnn1CCC(C)C. The first-order chi connectivity index (χ1) is 9.91. The highest BCUT2D eigenvalue weighted by Gasteiger charge is 2.34. The number of primary amides is 1. The molecular weight excluding hydrogens is 268 g/mol. The molecule has 0 unspecified atom stereocenters. The summed E-state index contributed by atoms with van der Waals surface area (Å²) in [5.74, 6) is 0.0286. The summed E-state index contributed by atoms with van der Waals surface area (Å²) in [6.07, 6.45) is 4.10. The van der Waals surface area contributed by atoms with E-state index in [-0.39, 0.29) is 5.91 Å². The molecule has 1 aliphatic rings. The highest BCUT2D eigenvalue weighted by Crippen LogP contribution is 2.21. The van der Waals surface area contributed by atoms with Crippen LogP contribution < -0.4 is 5.73 Å². The number of rotatable bonds is 5. The molecular formula is C15H24N4O2. The molecule has 6 heteroatoms. The minimum absolute atomic E-state index is 0.135. The first-order valence-corrected chi connectivity index (χ1v) is 7.54. The van der Waals surface area contributed by atoms with Crippen molar-refractivity contribution in [2.24, 2.45) is 11.7 Å². The number of hydrogen-bond acceptors (Lipinski definition) is 3. The Hall–Kier alpha value is -1.85. The topological polar surface area (TPSA) is 81.2 Å². The van der Waals surface area contributed by atoms with Crippen LogP contribution >= 0.6 is 0 Å². The number of aryl methyl sites for hydroxylation is 1. The molecule has 0 aromatic carbocycles. The zero-order chi connectivity index (χ0) is 15.6. The molecule has 2 amide bonds. The van der Waals surface area contributed by atoms with Crippen LogP contribution in [0.3, 0.4) is 0 Å². The van der Waals surface area contributed by atoms with Crippen LogP contribution in [0.4, 0.5) is 0 Å². The lowest BCUT2D eigenvalue weighted by atomic mass is 10.1. The van der Waals surface area contributed by atoms with Crippen LogP contribution in [0.25, 0.3) is 0 Å². The van der Waals surface area contributed by atoms with Crippen molar-refractivity contribution in [3.05, 3.63) is 17.5 Å². The fourth-order valence-electron chi connectivity index (χ4n) is 2.72. The van der Waals surface area contributed by atoms with E-state index in [0.717, 1.165) is 25.1 Å². The molecule has 1 aliphatic heterocycles. The minimum Gasteiger partial charge on any atom is -0.368 e. The Morgan fingerprint density at radius 1 is 1.48 bits per heavy atom. The van der Waals surface area contributed by atoms with Gasteiger partial charge in [0.2, 0.25) is 5.91 Å². The van der Waals surface area contributed by atoms with Crippen molar-refractivity contribution >= 4 is 11.8 Å². The van der Waals surface area contributed by atoms with Gasteiger partial charge in [-0.05, 0) is 32.1 Å². The van der Waals surface area contributed by atoms with E-state index in [1.807, 2.05) is 11.6 Å². The first kappa shape index (κ1) is 15.5. The van der Waals surface area contributed by atoms with Gasteiger partial charge in [-0.25, -0.2) is 0 Å². The molecule has 0 saturated carbocycles. The minimum atomic E-state index is -0.476. The fraction of sp³-hybridized carbons (Fsp3) is 0.667. The third-order valence-electron chi connectivity index (χ3n) is 4.09. The highest BCUT2D eigenvalue weighted by atomic mass is 16.2. The van der Waals surface area contributed by atoms with Crippen LogP contribution in [-0.4, -0.2) is 39.1 Å².